The van der Waals surface area contributed by atoms with Crippen LogP contribution in [0.4, 0.5) is 0 Å². The Balaban J connectivity index is 1.89. The Labute approximate surface area is 147 Å². The van der Waals surface area contributed by atoms with Crippen molar-refractivity contribution in [1.29, 1.82) is 0 Å². The van der Waals surface area contributed by atoms with E-state index in [1.807, 2.05) is 30.2 Å². The molecule has 4 heteroatoms. The number of fused-ring (bicyclic) bond motifs is 1. The maximum absolute atomic E-state index is 4.33. The average molecular weight is 337 g/mol. The van der Waals surface area contributed by atoms with Gasteiger partial charge in [0.05, 0.1) is 5.69 Å². The molecule has 3 aromatic rings. The summed E-state index contributed by atoms with van der Waals surface area (Å²) in [6.45, 7) is 1.21. The van der Waals surface area contributed by atoms with E-state index in [-0.39, 0.29) is 0 Å². The summed E-state index contributed by atoms with van der Waals surface area (Å²) >= 11 is 1.83. The van der Waals surface area contributed by atoms with Crippen LogP contribution in [0.15, 0.2) is 47.6 Å². The van der Waals surface area contributed by atoms with Crippen molar-refractivity contribution in [2.75, 3.05) is 19.8 Å². The molecule has 0 aliphatic carbocycles. The van der Waals surface area contributed by atoms with Crippen LogP contribution in [0.3, 0.4) is 0 Å². The minimum Gasteiger partial charge on any atom is -0.354 e. The highest BCUT2D eigenvalue weighted by molar-refractivity contribution is 7.98. The number of benzene rings is 1. The Bertz CT molecular complexity index is 841. The van der Waals surface area contributed by atoms with Gasteiger partial charge in [0.1, 0.15) is 0 Å². The number of likely N-dealkylation sites (tertiary alicyclic amines) is 1. The third-order valence-electron chi connectivity index (χ3n) is 5.17. The first-order valence-electron chi connectivity index (χ1n) is 8.56. The molecule has 1 aliphatic heterocycles. The molecule has 1 atom stereocenters. The first kappa shape index (κ1) is 15.7. The fourth-order valence-corrected chi connectivity index (χ4v) is 4.54. The summed E-state index contributed by atoms with van der Waals surface area (Å²) in [4.78, 5) is 11.9. The lowest BCUT2D eigenvalue weighted by molar-refractivity contribution is 0.310. The van der Waals surface area contributed by atoms with Crippen molar-refractivity contribution in [2.24, 2.45) is 0 Å². The summed E-state index contributed by atoms with van der Waals surface area (Å²) in [5, 5.41) is 1.39. The maximum Gasteiger partial charge on any atom is 0.0513 e. The Kier molecular flexibility index (Phi) is 4.33. The van der Waals surface area contributed by atoms with E-state index in [4.69, 9.17) is 0 Å². The second-order valence-corrected chi connectivity index (χ2v) is 7.43. The van der Waals surface area contributed by atoms with Crippen LogP contribution in [0.5, 0.6) is 0 Å². The van der Waals surface area contributed by atoms with Crippen molar-refractivity contribution in [3.8, 4) is 11.3 Å². The first-order chi connectivity index (χ1) is 11.8. The second kappa shape index (κ2) is 6.61. The number of pyridine rings is 1. The van der Waals surface area contributed by atoms with Crippen LogP contribution >= 0.6 is 11.8 Å². The van der Waals surface area contributed by atoms with Crippen LogP contribution in [-0.2, 0) is 6.42 Å². The van der Waals surface area contributed by atoms with Crippen LogP contribution in [0.1, 0.15) is 18.4 Å². The van der Waals surface area contributed by atoms with Crippen molar-refractivity contribution in [3.05, 3.63) is 48.3 Å². The number of hydrogen-bond acceptors (Lipinski definition) is 3. The number of nitrogens with one attached hydrogen (secondary N) is 1. The summed E-state index contributed by atoms with van der Waals surface area (Å²) < 4.78 is 0. The molecule has 24 heavy (non-hydrogen) atoms. The van der Waals surface area contributed by atoms with Crippen molar-refractivity contribution in [2.45, 2.75) is 30.2 Å². The molecule has 3 nitrogen and oxygen atoms in total. The van der Waals surface area contributed by atoms with Crippen molar-refractivity contribution >= 4 is 22.7 Å². The average Bonchev–Trinajstić information content (AvgIpc) is 3.20. The minimum absolute atomic E-state index is 0.634. The predicted molar refractivity (Wildman–Crippen MR) is 103 cm³/mol. The van der Waals surface area contributed by atoms with Crippen molar-refractivity contribution in [3.63, 3.8) is 0 Å². The van der Waals surface area contributed by atoms with E-state index in [2.05, 4.69) is 52.4 Å². The molecule has 0 unspecified atom stereocenters. The fraction of sp³-hybridized carbons (Fsp3) is 0.350. The molecule has 0 bridgehead atoms. The molecule has 1 N–H and O–H groups in total. The van der Waals surface area contributed by atoms with Crippen molar-refractivity contribution < 1.29 is 0 Å². The number of aromatic nitrogens is 2. The van der Waals surface area contributed by atoms with E-state index in [0.717, 1.165) is 6.42 Å². The lowest BCUT2D eigenvalue weighted by Gasteiger charge is -2.20. The van der Waals surface area contributed by atoms with Crippen LogP contribution in [0.2, 0.25) is 0 Å². The van der Waals surface area contributed by atoms with Gasteiger partial charge in [-0.1, -0.05) is 6.07 Å². The Morgan fingerprint density at radius 3 is 2.92 bits per heavy atom. The number of rotatable bonds is 4. The van der Waals surface area contributed by atoms with Gasteiger partial charge in [-0.25, -0.2) is 0 Å². The largest absolute Gasteiger partial charge is 0.354 e. The molecular weight excluding hydrogens is 314 g/mol. The molecule has 3 heterocycles. The maximum atomic E-state index is 4.33. The first-order valence-corrected chi connectivity index (χ1v) is 9.78. The molecule has 1 saturated heterocycles. The Morgan fingerprint density at radius 1 is 1.29 bits per heavy atom. The monoisotopic (exact) mass is 337 g/mol. The number of hydrogen-bond donors (Lipinski definition) is 1. The van der Waals surface area contributed by atoms with Gasteiger partial charge in [-0.2, -0.15) is 0 Å². The van der Waals surface area contributed by atoms with Crippen LogP contribution in [0.25, 0.3) is 22.2 Å². The highest BCUT2D eigenvalue weighted by Crippen LogP contribution is 2.37. The number of H-pyrrole nitrogens is 1. The summed E-state index contributed by atoms with van der Waals surface area (Å²) in [5.41, 5.74) is 5.09. The molecule has 124 valence electrons. The normalized spacial score (nSPS) is 18.5. The zero-order valence-electron chi connectivity index (χ0n) is 14.2. The molecule has 0 radical (unpaired) electrons. The molecule has 0 amide bonds. The van der Waals surface area contributed by atoms with E-state index in [1.54, 1.807) is 0 Å². The van der Waals surface area contributed by atoms with Gasteiger partial charge in [0.15, 0.2) is 0 Å². The molecule has 4 rings (SSSR count). The topological polar surface area (TPSA) is 31.9 Å². The Morgan fingerprint density at radius 2 is 2.21 bits per heavy atom. The summed E-state index contributed by atoms with van der Waals surface area (Å²) in [6.07, 6.45) is 9.66. The molecule has 2 aromatic heterocycles. The van der Waals surface area contributed by atoms with Gasteiger partial charge in [0.25, 0.3) is 0 Å². The summed E-state index contributed by atoms with van der Waals surface area (Å²) in [5.74, 6) is 0. The number of aromatic amines is 1. The van der Waals surface area contributed by atoms with Gasteiger partial charge in [0, 0.05) is 39.8 Å². The van der Waals surface area contributed by atoms with Gasteiger partial charge in [-0.3, -0.25) is 4.98 Å². The third-order valence-corrected chi connectivity index (χ3v) is 5.95. The van der Waals surface area contributed by atoms with Crippen molar-refractivity contribution in [1.82, 2.24) is 14.9 Å². The number of thioether (sulfide) groups is 1. The minimum atomic E-state index is 0.634. The van der Waals surface area contributed by atoms with E-state index >= 15 is 0 Å². The zero-order valence-corrected chi connectivity index (χ0v) is 15.1. The molecule has 0 saturated carbocycles. The predicted octanol–water partition coefficient (Wildman–Crippen LogP) is 4.59. The standard InChI is InChI=1S/C20H23N3S/c1-23-11-5-7-15(23)12-16-19-17(8-3-9-18(19)24-2)22-20(16)14-6-4-10-21-13-14/h3-4,6,8-10,13,15,22H,5,7,11-12H2,1-2H3/t15-/m1/s1. The van der Waals surface area contributed by atoms with Gasteiger partial charge in [-0.05, 0) is 68.9 Å². The van der Waals surface area contributed by atoms with Crippen LogP contribution in [0, 0.1) is 0 Å². The van der Waals surface area contributed by atoms with E-state index < -0.39 is 0 Å². The number of likely N-dealkylation sites (N-methyl/N-ethyl adjacent to an activating group) is 1. The highest BCUT2D eigenvalue weighted by Gasteiger charge is 2.25. The summed E-state index contributed by atoms with van der Waals surface area (Å²) in [7, 11) is 2.26. The Hall–Kier alpha value is -1.78. The fourth-order valence-electron chi connectivity index (χ4n) is 3.89. The van der Waals surface area contributed by atoms with Gasteiger partial charge >= 0.3 is 0 Å². The smallest absolute Gasteiger partial charge is 0.0513 e. The molecule has 1 aliphatic rings. The highest BCUT2D eigenvalue weighted by atomic mass is 32.2. The summed E-state index contributed by atoms with van der Waals surface area (Å²) in [6, 6.07) is 11.4. The lowest BCUT2D eigenvalue weighted by Crippen LogP contribution is -2.26. The van der Waals surface area contributed by atoms with Gasteiger partial charge < -0.3 is 9.88 Å². The zero-order chi connectivity index (χ0) is 16.5. The van der Waals surface area contributed by atoms with Crippen LogP contribution in [-0.4, -0.2) is 40.8 Å². The van der Waals surface area contributed by atoms with E-state index in [0.29, 0.717) is 6.04 Å². The lowest BCUT2D eigenvalue weighted by atomic mass is 9.98. The second-order valence-electron chi connectivity index (χ2n) is 6.58. The molecule has 1 fully saturated rings. The van der Waals surface area contributed by atoms with Gasteiger partial charge in [-0.15, -0.1) is 11.8 Å². The molecular formula is C20H23N3S. The quantitative estimate of drug-likeness (QED) is 0.707. The molecule has 1 aromatic carbocycles. The van der Waals surface area contributed by atoms with Gasteiger partial charge in [0.2, 0.25) is 0 Å². The van der Waals surface area contributed by atoms with Crippen LogP contribution < -0.4 is 0 Å². The SMILES string of the molecule is CSc1cccc2[nH]c(-c3cccnc3)c(C[C@H]3CCCN3C)c12. The third kappa shape index (κ3) is 2.74. The van der Waals surface area contributed by atoms with E-state index in [9.17, 15) is 0 Å². The number of nitrogens with zero attached hydrogens (tertiary/aromatic N) is 2. The molecule has 0 spiro atoms. The van der Waals surface area contributed by atoms with E-state index in [1.165, 1.54) is 52.0 Å².